The molecule has 1 saturated carbocycles. The lowest BCUT2D eigenvalue weighted by Gasteiger charge is -2.37. The quantitative estimate of drug-likeness (QED) is 0.568. The van der Waals surface area contributed by atoms with Gasteiger partial charge in [-0.2, -0.15) is 0 Å². The van der Waals surface area contributed by atoms with Crippen LogP contribution in [0.2, 0.25) is 0 Å². The van der Waals surface area contributed by atoms with Crippen LogP contribution in [0.25, 0.3) is 0 Å². The van der Waals surface area contributed by atoms with Gasteiger partial charge in [-0.25, -0.2) is 0 Å². The minimum absolute atomic E-state index is 0.00138. The molecule has 3 heteroatoms. The minimum atomic E-state index is -0.611. The molecule has 1 aliphatic carbocycles. The highest BCUT2D eigenvalue weighted by atomic mass is 16.5. The van der Waals surface area contributed by atoms with Gasteiger partial charge in [0.2, 0.25) is 0 Å². The van der Waals surface area contributed by atoms with Crippen molar-refractivity contribution in [1.82, 2.24) is 0 Å². The summed E-state index contributed by atoms with van der Waals surface area (Å²) in [6.45, 7) is 11.9. The van der Waals surface area contributed by atoms with E-state index in [0.717, 1.165) is 12.8 Å². The number of hydrogen-bond acceptors (Lipinski definition) is 3. The average Bonchev–Trinajstić information content (AvgIpc) is 2.26. The van der Waals surface area contributed by atoms with Crippen molar-refractivity contribution >= 4 is 11.8 Å². The van der Waals surface area contributed by atoms with Crippen LogP contribution >= 0.6 is 0 Å². The summed E-state index contributed by atoms with van der Waals surface area (Å²) in [5, 5.41) is 0. The fourth-order valence-electron chi connectivity index (χ4n) is 3.38. The Hall–Kier alpha value is -0.860. The second kappa shape index (κ2) is 7.24. The van der Waals surface area contributed by atoms with E-state index in [2.05, 4.69) is 20.8 Å². The summed E-state index contributed by atoms with van der Waals surface area (Å²) in [7, 11) is 0. The van der Waals surface area contributed by atoms with Gasteiger partial charge in [-0.1, -0.05) is 41.0 Å². The molecule has 0 amide bonds. The molecule has 0 aromatic carbocycles. The van der Waals surface area contributed by atoms with Crippen molar-refractivity contribution in [2.45, 2.75) is 66.9 Å². The molecule has 3 nitrogen and oxygen atoms in total. The Kier molecular flexibility index (Phi) is 6.22. The minimum Gasteiger partial charge on any atom is -0.462 e. The van der Waals surface area contributed by atoms with Crippen LogP contribution in [0.1, 0.15) is 60.8 Å². The summed E-state index contributed by atoms with van der Waals surface area (Å²) in [5.41, 5.74) is 0. The van der Waals surface area contributed by atoms with E-state index in [1.165, 1.54) is 13.3 Å². The first-order valence-electron chi connectivity index (χ1n) is 7.95. The van der Waals surface area contributed by atoms with E-state index < -0.39 is 5.92 Å². The number of Topliss-reactive ketones (excluding diaryl/α,β-unsaturated/α-hetero) is 1. The Balaban J connectivity index is 2.76. The molecule has 116 valence electrons. The normalized spacial score (nSPS) is 28.5. The van der Waals surface area contributed by atoms with E-state index in [-0.39, 0.29) is 23.8 Å². The zero-order valence-electron chi connectivity index (χ0n) is 13.8. The predicted octanol–water partition coefficient (Wildman–Crippen LogP) is 3.85. The van der Waals surface area contributed by atoms with Crippen molar-refractivity contribution in [3.63, 3.8) is 0 Å². The van der Waals surface area contributed by atoms with Crippen LogP contribution in [0, 0.1) is 29.6 Å². The molecule has 0 heterocycles. The SMILES string of the molecule is CC(=O)[C@@H](C(=O)O[C@@H]1C[C@@H](C)CC[C@H]1C(C)C)C(C)C. The van der Waals surface area contributed by atoms with Gasteiger partial charge in [-0.05, 0) is 43.4 Å². The van der Waals surface area contributed by atoms with Gasteiger partial charge in [0.15, 0.2) is 0 Å². The van der Waals surface area contributed by atoms with Gasteiger partial charge in [0.1, 0.15) is 17.8 Å². The van der Waals surface area contributed by atoms with Gasteiger partial charge in [0, 0.05) is 0 Å². The molecule has 0 bridgehead atoms. The Morgan fingerprint density at radius 2 is 1.70 bits per heavy atom. The molecular formula is C17H30O3. The molecule has 0 N–H and O–H groups in total. The molecule has 0 radical (unpaired) electrons. The number of carbonyl (C=O) groups is 2. The van der Waals surface area contributed by atoms with Gasteiger partial charge in [-0.3, -0.25) is 9.59 Å². The standard InChI is InChI=1S/C17H30O3/c1-10(2)14-8-7-12(5)9-15(14)20-17(19)16(11(3)4)13(6)18/h10-12,14-16H,7-9H2,1-6H3/t12-,14-,15+,16-/m0/s1. The number of rotatable bonds is 5. The van der Waals surface area contributed by atoms with Crippen LogP contribution < -0.4 is 0 Å². The molecule has 0 saturated heterocycles. The molecule has 0 spiro atoms. The largest absolute Gasteiger partial charge is 0.462 e. The monoisotopic (exact) mass is 282 g/mol. The molecule has 4 atom stereocenters. The summed E-state index contributed by atoms with van der Waals surface area (Å²) in [5.74, 6) is 0.508. The first-order valence-corrected chi connectivity index (χ1v) is 7.95. The molecule has 0 aromatic rings. The third-order valence-electron chi connectivity index (χ3n) is 4.59. The van der Waals surface area contributed by atoms with Crippen molar-refractivity contribution in [2.75, 3.05) is 0 Å². The smallest absolute Gasteiger partial charge is 0.317 e. The molecule has 20 heavy (non-hydrogen) atoms. The molecular weight excluding hydrogens is 252 g/mol. The van der Waals surface area contributed by atoms with Crippen LogP contribution in [0.4, 0.5) is 0 Å². The summed E-state index contributed by atoms with van der Waals surface area (Å²) in [4.78, 5) is 24.0. The molecule has 1 aliphatic rings. The van der Waals surface area contributed by atoms with Gasteiger partial charge >= 0.3 is 5.97 Å². The zero-order chi connectivity index (χ0) is 15.4. The summed E-state index contributed by atoms with van der Waals surface area (Å²) in [6, 6.07) is 0. The second-order valence-electron chi connectivity index (χ2n) is 7.13. The Bertz CT molecular complexity index is 346. The summed E-state index contributed by atoms with van der Waals surface area (Å²) in [6.07, 6.45) is 3.23. The van der Waals surface area contributed by atoms with Crippen LogP contribution in [0.3, 0.4) is 0 Å². The highest BCUT2D eigenvalue weighted by Gasteiger charge is 2.36. The fourth-order valence-corrected chi connectivity index (χ4v) is 3.38. The van der Waals surface area contributed by atoms with Gasteiger partial charge in [0.05, 0.1) is 0 Å². The predicted molar refractivity (Wildman–Crippen MR) is 80.2 cm³/mol. The maximum Gasteiger partial charge on any atom is 0.317 e. The molecule has 0 aliphatic heterocycles. The van der Waals surface area contributed by atoms with E-state index in [4.69, 9.17) is 4.74 Å². The van der Waals surface area contributed by atoms with Crippen LogP contribution in [0.5, 0.6) is 0 Å². The maximum atomic E-state index is 12.3. The fraction of sp³-hybridized carbons (Fsp3) is 0.882. The van der Waals surface area contributed by atoms with E-state index in [9.17, 15) is 9.59 Å². The summed E-state index contributed by atoms with van der Waals surface area (Å²) >= 11 is 0. The maximum absolute atomic E-state index is 12.3. The van der Waals surface area contributed by atoms with Crippen LogP contribution in [-0.2, 0) is 14.3 Å². The lowest BCUT2D eigenvalue weighted by atomic mass is 9.75. The zero-order valence-corrected chi connectivity index (χ0v) is 13.8. The number of esters is 1. The van der Waals surface area contributed by atoms with Crippen molar-refractivity contribution in [3.8, 4) is 0 Å². The number of hydrogen-bond donors (Lipinski definition) is 0. The molecule has 1 rings (SSSR count). The Morgan fingerprint density at radius 1 is 1.10 bits per heavy atom. The Labute approximate surface area is 123 Å². The van der Waals surface area contributed by atoms with Gasteiger partial charge < -0.3 is 4.74 Å². The van der Waals surface area contributed by atoms with Gasteiger partial charge in [-0.15, -0.1) is 0 Å². The topological polar surface area (TPSA) is 43.4 Å². The lowest BCUT2D eigenvalue weighted by molar-refractivity contribution is -0.164. The third-order valence-corrected chi connectivity index (χ3v) is 4.59. The van der Waals surface area contributed by atoms with Crippen molar-refractivity contribution in [3.05, 3.63) is 0 Å². The van der Waals surface area contributed by atoms with E-state index in [1.54, 1.807) is 0 Å². The first-order chi connectivity index (χ1) is 9.23. The van der Waals surface area contributed by atoms with Gasteiger partial charge in [0.25, 0.3) is 0 Å². The first kappa shape index (κ1) is 17.2. The summed E-state index contributed by atoms with van der Waals surface area (Å²) < 4.78 is 5.76. The number of carbonyl (C=O) groups excluding carboxylic acids is 2. The van der Waals surface area contributed by atoms with Crippen molar-refractivity contribution in [2.24, 2.45) is 29.6 Å². The van der Waals surface area contributed by atoms with Crippen LogP contribution in [-0.4, -0.2) is 17.9 Å². The molecule has 0 aromatic heterocycles. The van der Waals surface area contributed by atoms with Crippen molar-refractivity contribution < 1.29 is 14.3 Å². The highest BCUT2D eigenvalue weighted by Crippen LogP contribution is 2.36. The number of ether oxygens (including phenoxy) is 1. The second-order valence-corrected chi connectivity index (χ2v) is 7.13. The van der Waals surface area contributed by atoms with E-state index in [1.807, 2.05) is 13.8 Å². The lowest BCUT2D eigenvalue weighted by Crippen LogP contribution is -2.39. The third kappa shape index (κ3) is 4.32. The Morgan fingerprint density at radius 3 is 2.15 bits per heavy atom. The van der Waals surface area contributed by atoms with E-state index in [0.29, 0.717) is 17.8 Å². The van der Waals surface area contributed by atoms with E-state index >= 15 is 0 Å². The molecule has 1 fully saturated rings. The average molecular weight is 282 g/mol. The number of ketones is 1. The molecule has 0 unspecified atom stereocenters. The van der Waals surface area contributed by atoms with Crippen molar-refractivity contribution in [1.29, 1.82) is 0 Å². The highest BCUT2D eigenvalue weighted by molar-refractivity contribution is 5.98. The van der Waals surface area contributed by atoms with Crippen LogP contribution in [0.15, 0.2) is 0 Å².